The average Bonchev–Trinajstić information content (AvgIpc) is 2.42. The molecule has 4 N–H and O–H groups in total. The van der Waals surface area contributed by atoms with Crippen molar-refractivity contribution in [2.45, 2.75) is 38.8 Å². The lowest BCUT2D eigenvalue weighted by molar-refractivity contribution is -0.122. The molecule has 0 aliphatic carbocycles. The van der Waals surface area contributed by atoms with Gasteiger partial charge in [0.15, 0.2) is 0 Å². The second-order valence-electron chi connectivity index (χ2n) is 4.47. The first-order chi connectivity index (χ1) is 9.04. The third-order valence-corrected chi connectivity index (χ3v) is 2.87. The Morgan fingerprint density at radius 2 is 1.95 bits per heavy atom. The minimum absolute atomic E-state index is 0.171. The van der Waals surface area contributed by atoms with Gasteiger partial charge < -0.3 is 16.2 Å². The third-order valence-electron chi connectivity index (χ3n) is 2.87. The van der Waals surface area contributed by atoms with Gasteiger partial charge in [0.05, 0.1) is 11.6 Å². The number of carbonyl (C=O) groups is 2. The number of hydrogen-bond acceptors (Lipinski definition) is 3. The van der Waals surface area contributed by atoms with Gasteiger partial charge in [-0.1, -0.05) is 31.9 Å². The van der Waals surface area contributed by atoms with Crippen molar-refractivity contribution in [3.8, 4) is 0 Å². The molecule has 0 radical (unpaired) electrons. The summed E-state index contributed by atoms with van der Waals surface area (Å²) in [5, 5.41) is 11.5. The van der Waals surface area contributed by atoms with Gasteiger partial charge in [-0.3, -0.25) is 4.79 Å². The predicted octanol–water partition coefficient (Wildman–Crippen LogP) is 1.52. The smallest absolute Gasteiger partial charge is 0.335 e. The summed E-state index contributed by atoms with van der Waals surface area (Å²) >= 11 is 0. The lowest BCUT2D eigenvalue weighted by Crippen LogP contribution is -2.40. The maximum Gasteiger partial charge on any atom is 0.335 e. The van der Waals surface area contributed by atoms with Crippen LogP contribution in [-0.4, -0.2) is 23.0 Å². The molecule has 1 atom stereocenters. The Hall–Kier alpha value is -1.88. The Morgan fingerprint density at radius 3 is 2.47 bits per heavy atom. The van der Waals surface area contributed by atoms with E-state index >= 15 is 0 Å². The Kier molecular flexibility index (Phi) is 6.02. The number of hydrogen-bond donors (Lipinski definition) is 3. The number of amides is 1. The van der Waals surface area contributed by atoms with Gasteiger partial charge in [0, 0.05) is 6.54 Å². The Balaban J connectivity index is 2.43. The number of aromatic carboxylic acids is 1. The fourth-order valence-corrected chi connectivity index (χ4v) is 1.64. The van der Waals surface area contributed by atoms with E-state index in [0.29, 0.717) is 13.0 Å². The number of carbonyl (C=O) groups excluding carboxylic acids is 1. The second-order valence-corrected chi connectivity index (χ2v) is 4.47. The van der Waals surface area contributed by atoms with Gasteiger partial charge in [-0.05, 0) is 24.1 Å². The van der Waals surface area contributed by atoms with Crippen LogP contribution < -0.4 is 11.1 Å². The number of nitrogens with two attached hydrogens (primary N) is 1. The van der Waals surface area contributed by atoms with Gasteiger partial charge in [-0.15, -0.1) is 0 Å². The van der Waals surface area contributed by atoms with Crippen molar-refractivity contribution in [3.05, 3.63) is 35.4 Å². The van der Waals surface area contributed by atoms with Crippen LogP contribution in [0, 0.1) is 0 Å². The van der Waals surface area contributed by atoms with E-state index in [4.69, 9.17) is 10.8 Å². The fourth-order valence-electron chi connectivity index (χ4n) is 1.64. The fraction of sp³-hybridized carbons (Fsp3) is 0.429. The van der Waals surface area contributed by atoms with E-state index in [1.807, 2.05) is 0 Å². The highest BCUT2D eigenvalue weighted by molar-refractivity contribution is 5.87. The van der Waals surface area contributed by atoms with Crippen LogP contribution >= 0.6 is 0 Å². The lowest BCUT2D eigenvalue weighted by Gasteiger charge is -2.11. The molecular weight excluding hydrogens is 244 g/mol. The molecule has 0 aliphatic heterocycles. The molecule has 5 nitrogen and oxygen atoms in total. The first-order valence-corrected chi connectivity index (χ1v) is 6.40. The molecule has 0 saturated heterocycles. The molecule has 5 heteroatoms. The summed E-state index contributed by atoms with van der Waals surface area (Å²) in [6, 6.07) is 5.92. The van der Waals surface area contributed by atoms with Crippen LogP contribution in [0.1, 0.15) is 42.1 Å². The Labute approximate surface area is 112 Å². The molecule has 0 heterocycles. The molecule has 1 aromatic rings. The first-order valence-electron chi connectivity index (χ1n) is 6.40. The number of unbranched alkanes of at least 4 members (excludes halogenated alkanes) is 1. The van der Waals surface area contributed by atoms with Crippen molar-refractivity contribution in [2.24, 2.45) is 5.73 Å². The molecule has 0 bridgehead atoms. The maximum atomic E-state index is 11.7. The Morgan fingerprint density at radius 1 is 1.32 bits per heavy atom. The van der Waals surface area contributed by atoms with Gasteiger partial charge in [-0.2, -0.15) is 0 Å². The summed E-state index contributed by atoms with van der Waals surface area (Å²) in [5.74, 6) is -1.13. The molecule has 19 heavy (non-hydrogen) atoms. The minimum Gasteiger partial charge on any atom is -0.478 e. The number of carboxylic acids is 1. The van der Waals surface area contributed by atoms with Crippen LogP contribution in [0.2, 0.25) is 0 Å². The Bertz CT molecular complexity index is 429. The van der Waals surface area contributed by atoms with E-state index in [0.717, 1.165) is 18.4 Å². The summed E-state index contributed by atoms with van der Waals surface area (Å²) in [4.78, 5) is 22.3. The molecule has 0 unspecified atom stereocenters. The van der Waals surface area contributed by atoms with Crippen molar-refractivity contribution >= 4 is 11.9 Å². The first kappa shape index (κ1) is 15.2. The molecule has 0 aliphatic rings. The largest absolute Gasteiger partial charge is 0.478 e. The number of rotatable bonds is 7. The molecule has 1 amide bonds. The molecule has 104 valence electrons. The van der Waals surface area contributed by atoms with Crippen molar-refractivity contribution in [1.29, 1.82) is 0 Å². The number of nitrogens with one attached hydrogen (secondary N) is 1. The van der Waals surface area contributed by atoms with Crippen LogP contribution in [0.5, 0.6) is 0 Å². The average molecular weight is 264 g/mol. The molecule has 1 rings (SSSR count). The summed E-state index contributed by atoms with van der Waals surface area (Å²) in [6.07, 6.45) is 2.62. The summed E-state index contributed by atoms with van der Waals surface area (Å²) in [5.41, 5.74) is 6.82. The normalized spacial score (nSPS) is 11.9. The van der Waals surface area contributed by atoms with Crippen LogP contribution in [0.25, 0.3) is 0 Å². The quantitative estimate of drug-likeness (QED) is 0.696. The van der Waals surface area contributed by atoms with Crippen molar-refractivity contribution in [2.75, 3.05) is 0 Å². The van der Waals surface area contributed by atoms with Crippen LogP contribution in [0.3, 0.4) is 0 Å². The topological polar surface area (TPSA) is 92.4 Å². The van der Waals surface area contributed by atoms with Crippen molar-refractivity contribution < 1.29 is 14.7 Å². The van der Waals surface area contributed by atoms with E-state index in [2.05, 4.69) is 12.2 Å². The van der Waals surface area contributed by atoms with Crippen molar-refractivity contribution in [1.82, 2.24) is 5.32 Å². The SMILES string of the molecule is CCCC[C@H](N)C(=O)NCc1ccc(C(=O)O)cc1. The highest BCUT2D eigenvalue weighted by Gasteiger charge is 2.12. The zero-order chi connectivity index (χ0) is 14.3. The molecular formula is C14H20N2O3. The highest BCUT2D eigenvalue weighted by atomic mass is 16.4. The highest BCUT2D eigenvalue weighted by Crippen LogP contribution is 2.05. The van der Waals surface area contributed by atoms with Gasteiger partial charge in [0.25, 0.3) is 0 Å². The van der Waals surface area contributed by atoms with Gasteiger partial charge in [0.2, 0.25) is 5.91 Å². The standard InChI is InChI=1S/C14H20N2O3/c1-2-3-4-12(15)13(17)16-9-10-5-7-11(8-6-10)14(18)19/h5-8,12H,2-4,9,15H2,1H3,(H,16,17)(H,18,19)/t12-/m0/s1. The van der Waals surface area contributed by atoms with Gasteiger partial charge >= 0.3 is 5.97 Å². The summed E-state index contributed by atoms with van der Waals surface area (Å²) in [6.45, 7) is 2.41. The molecule has 0 saturated carbocycles. The minimum atomic E-state index is -0.961. The predicted molar refractivity (Wildman–Crippen MR) is 72.7 cm³/mol. The molecule has 1 aromatic carbocycles. The zero-order valence-electron chi connectivity index (χ0n) is 11.1. The molecule has 0 aromatic heterocycles. The summed E-state index contributed by atoms with van der Waals surface area (Å²) in [7, 11) is 0. The lowest BCUT2D eigenvalue weighted by atomic mass is 10.1. The van der Waals surface area contributed by atoms with Crippen LogP contribution in [0.15, 0.2) is 24.3 Å². The van der Waals surface area contributed by atoms with Crippen LogP contribution in [0.4, 0.5) is 0 Å². The van der Waals surface area contributed by atoms with E-state index in [-0.39, 0.29) is 11.5 Å². The van der Waals surface area contributed by atoms with E-state index in [1.165, 1.54) is 12.1 Å². The van der Waals surface area contributed by atoms with Gasteiger partial charge in [-0.25, -0.2) is 4.79 Å². The monoisotopic (exact) mass is 264 g/mol. The summed E-state index contributed by atoms with van der Waals surface area (Å²) < 4.78 is 0. The zero-order valence-corrected chi connectivity index (χ0v) is 11.1. The maximum absolute atomic E-state index is 11.7. The molecule has 0 fully saturated rings. The van der Waals surface area contributed by atoms with Gasteiger partial charge in [0.1, 0.15) is 0 Å². The van der Waals surface area contributed by atoms with Crippen molar-refractivity contribution in [3.63, 3.8) is 0 Å². The van der Waals surface area contributed by atoms with E-state index in [1.54, 1.807) is 12.1 Å². The third kappa shape index (κ3) is 5.09. The van der Waals surface area contributed by atoms with Crippen LogP contribution in [-0.2, 0) is 11.3 Å². The second kappa shape index (κ2) is 7.53. The number of carboxylic acid groups (broad SMARTS) is 1. The molecule has 0 spiro atoms. The van der Waals surface area contributed by atoms with E-state index < -0.39 is 12.0 Å². The van der Waals surface area contributed by atoms with E-state index in [9.17, 15) is 9.59 Å². The number of benzene rings is 1.